The second-order valence-electron chi connectivity index (χ2n) is 6.32. The number of aryl methyl sites for hydroxylation is 1. The fourth-order valence-electron chi connectivity index (χ4n) is 2.71. The van der Waals surface area contributed by atoms with Crippen LogP contribution in [0.5, 0.6) is 0 Å². The standard InChI is InChI=1S/C16H28N4OS/c1-7-12(5)18-9-19(11(3)4)16(21)20(10-18)15-13(6)14(8-2)17-22-15/h11-12H,7-10H2,1-6H3. The van der Waals surface area contributed by atoms with Crippen molar-refractivity contribution in [3.05, 3.63) is 11.3 Å². The Morgan fingerprint density at radius 2 is 1.91 bits per heavy atom. The van der Waals surface area contributed by atoms with Crippen LogP contribution in [-0.4, -0.2) is 45.6 Å². The summed E-state index contributed by atoms with van der Waals surface area (Å²) in [6.07, 6.45) is 1.99. The molecular formula is C16H28N4OS. The SMILES string of the molecule is CCc1nsc(N2CN(C(C)CC)CN(C(C)C)C2=O)c1C. The molecule has 0 spiro atoms. The Balaban J connectivity index is 2.34. The number of aromatic nitrogens is 1. The van der Waals surface area contributed by atoms with Crippen molar-refractivity contribution < 1.29 is 4.79 Å². The summed E-state index contributed by atoms with van der Waals surface area (Å²) in [7, 11) is 0. The summed E-state index contributed by atoms with van der Waals surface area (Å²) in [5, 5.41) is 1.00. The first kappa shape index (κ1) is 17.2. The molecule has 0 aliphatic carbocycles. The van der Waals surface area contributed by atoms with E-state index in [0.717, 1.165) is 29.1 Å². The van der Waals surface area contributed by atoms with Gasteiger partial charge in [-0.15, -0.1) is 0 Å². The monoisotopic (exact) mass is 324 g/mol. The zero-order chi connectivity index (χ0) is 16.4. The highest BCUT2D eigenvalue weighted by atomic mass is 32.1. The highest BCUT2D eigenvalue weighted by Gasteiger charge is 2.35. The van der Waals surface area contributed by atoms with Gasteiger partial charge in [0.1, 0.15) is 5.00 Å². The molecule has 1 aliphatic rings. The summed E-state index contributed by atoms with van der Waals surface area (Å²) < 4.78 is 4.51. The van der Waals surface area contributed by atoms with Crippen LogP contribution in [0.4, 0.5) is 9.80 Å². The fourth-order valence-corrected chi connectivity index (χ4v) is 3.66. The van der Waals surface area contributed by atoms with Crippen LogP contribution in [0.15, 0.2) is 0 Å². The summed E-state index contributed by atoms with van der Waals surface area (Å²) in [5.41, 5.74) is 2.25. The van der Waals surface area contributed by atoms with Gasteiger partial charge < -0.3 is 4.90 Å². The van der Waals surface area contributed by atoms with Gasteiger partial charge in [-0.3, -0.25) is 9.80 Å². The van der Waals surface area contributed by atoms with E-state index in [4.69, 9.17) is 0 Å². The van der Waals surface area contributed by atoms with E-state index in [2.05, 4.69) is 50.8 Å². The number of carbonyl (C=O) groups excluding carboxylic acids is 1. The van der Waals surface area contributed by atoms with Crippen LogP contribution in [0.25, 0.3) is 0 Å². The highest BCUT2D eigenvalue weighted by molar-refractivity contribution is 7.10. The van der Waals surface area contributed by atoms with Gasteiger partial charge in [0.05, 0.1) is 19.0 Å². The Morgan fingerprint density at radius 3 is 2.41 bits per heavy atom. The number of nitrogens with zero attached hydrogens (tertiary/aromatic N) is 4. The molecule has 6 heteroatoms. The summed E-state index contributed by atoms with van der Waals surface area (Å²) in [6, 6.07) is 0.750. The molecule has 1 fully saturated rings. The molecular weight excluding hydrogens is 296 g/mol. The van der Waals surface area contributed by atoms with Crippen molar-refractivity contribution in [1.29, 1.82) is 0 Å². The number of hydrogen-bond donors (Lipinski definition) is 0. The molecule has 1 atom stereocenters. The molecule has 2 rings (SSSR count). The summed E-state index contributed by atoms with van der Waals surface area (Å²) >= 11 is 1.45. The number of hydrogen-bond acceptors (Lipinski definition) is 4. The minimum Gasteiger partial charge on any atom is -0.309 e. The highest BCUT2D eigenvalue weighted by Crippen LogP contribution is 2.32. The van der Waals surface area contributed by atoms with Crippen LogP contribution in [0.3, 0.4) is 0 Å². The fraction of sp³-hybridized carbons (Fsp3) is 0.750. The first-order valence-corrected chi connectivity index (χ1v) is 8.95. The van der Waals surface area contributed by atoms with Crippen molar-refractivity contribution in [3.63, 3.8) is 0 Å². The van der Waals surface area contributed by atoms with Gasteiger partial charge in [0, 0.05) is 17.6 Å². The van der Waals surface area contributed by atoms with Gasteiger partial charge >= 0.3 is 6.03 Å². The molecule has 0 radical (unpaired) electrons. The van der Waals surface area contributed by atoms with Crippen LogP contribution in [0.1, 0.15) is 52.3 Å². The molecule has 1 aromatic heterocycles. The van der Waals surface area contributed by atoms with E-state index in [1.807, 2.05) is 9.80 Å². The Labute approximate surface area is 138 Å². The lowest BCUT2D eigenvalue weighted by Gasteiger charge is -2.45. The van der Waals surface area contributed by atoms with Gasteiger partial charge in [0.2, 0.25) is 0 Å². The molecule has 1 aliphatic heterocycles. The second kappa shape index (κ2) is 6.96. The van der Waals surface area contributed by atoms with Crippen LogP contribution < -0.4 is 4.90 Å². The second-order valence-corrected chi connectivity index (χ2v) is 7.07. The molecule has 0 aromatic carbocycles. The molecule has 124 valence electrons. The minimum absolute atomic E-state index is 0.101. The molecule has 5 nitrogen and oxygen atoms in total. The summed E-state index contributed by atoms with van der Waals surface area (Å²) in [6.45, 7) is 14.1. The molecule has 2 amide bonds. The lowest BCUT2D eigenvalue weighted by Crippen LogP contribution is -2.61. The van der Waals surface area contributed by atoms with Crippen molar-refractivity contribution in [2.45, 2.75) is 66.5 Å². The average Bonchev–Trinajstić information content (AvgIpc) is 2.87. The molecule has 1 saturated heterocycles. The Kier molecular flexibility index (Phi) is 5.45. The van der Waals surface area contributed by atoms with E-state index in [1.54, 1.807) is 0 Å². The molecule has 1 unspecified atom stereocenters. The summed E-state index contributed by atoms with van der Waals surface area (Å²) in [4.78, 5) is 19.1. The maximum absolute atomic E-state index is 12.9. The van der Waals surface area contributed by atoms with Crippen LogP contribution in [-0.2, 0) is 6.42 Å². The van der Waals surface area contributed by atoms with E-state index in [-0.39, 0.29) is 12.1 Å². The smallest absolute Gasteiger partial charge is 0.309 e. The average molecular weight is 324 g/mol. The number of rotatable bonds is 5. The normalized spacial score (nSPS) is 18.4. The molecule has 0 bridgehead atoms. The lowest BCUT2D eigenvalue weighted by atomic mass is 10.2. The third-order valence-electron chi connectivity index (χ3n) is 4.55. The molecule has 22 heavy (non-hydrogen) atoms. The maximum Gasteiger partial charge on any atom is 0.327 e. The molecule has 2 heterocycles. The summed E-state index contributed by atoms with van der Waals surface area (Å²) in [5.74, 6) is 0. The predicted octanol–water partition coefficient (Wildman–Crippen LogP) is 3.68. The van der Waals surface area contributed by atoms with Crippen molar-refractivity contribution >= 4 is 22.6 Å². The van der Waals surface area contributed by atoms with Gasteiger partial charge in [0.15, 0.2) is 0 Å². The lowest BCUT2D eigenvalue weighted by molar-refractivity contribution is 0.0727. The topological polar surface area (TPSA) is 39.7 Å². The largest absolute Gasteiger partial charge is 0.327 e. The minimum atomic E-state index is 0.101. The van der Waals surface area contributed by atoms with Gasteiger partial charge in [-0.2, -0.15) is 4.37 Å². The quantitative estimate of drug-likeness (QED) is 0.829. The van der Waals surface area contributed by atoms with E-state index in [9.17, 15) is 4.79 Å². The zero-order valence-corrected chi connectivity index (χ0v) is 15.4. The number of amides is 2. The van der Waals surface area contributed by atoms with Gasteiger partial charge in [-0.25, -0.2) is 4.79 Å². The first-order chi connectivity index (χ1) is 10.4. The number of carbonyl (C=O) groups is 1. The van der Waals surface area contributed by atoms with Gasteiger partial charge in [-0.05, 0) is 52.1 Å². The van der Waals surface area contributed by atoms with E-state index in [1.165, 1.54) is 11.5 Å². The Bertz CT molecular complexity index is 528. The Morgan fingerprint density at radius 1 is 1.23 bits per heavy atom. The first-order valence-electron chi connectivity index (χ1n) is 8.17. The third kappa shape index (κ3) is 3.13. The number of anilines is 1. The van der Waals surface area contributed by atoms with Crippen LogP contribution in [0, 0.1) is 6.92 Å². The van der Waals surface area contributed by atoms with Gasteiger partial charge in [-0.1, -0.05) is 13.8 Å². The van der Waals surface area contributed by atoms with Crippen molar-refractivity contribution in [2.24, 2.45) is 0 Å². The third-order valence-corrected chi connectivity index (χ3v) is 5.56. The molecule has 0 saturated carbocycles. The van der Waals surface area contributed by atoms with E-state index in [0.29, 0.717) is 19.4 Å². The van der Waals surface area contributed by atoms with E-state index >= 15 is 0 Å². The van der Waals surface area contributed by atoms with E-state index < -0.39 is 0 Å². The van der Waals surface area contributed by atoms with Crippen LogP contribution in [0.2, 0.25) is 0 Å². The predicted molar refractivity (Wildman–Crippen MR) is 92.4 cm³/mol. The van der Waals surface area contributed by atoms with Gasteiger partial charge in [0.25, 0.3) is 0 Å². The Hall–Kier alpha value is -1.14. The molecule has 1 aromatic rings. The zero-order valence-electron chi connectivity index (χ0n) is 14.6. The molecule has 0 N–H and O–H groups in total. The van der Waals surface area contributed by atoms with Crippen LogP contribution >= 0.6 is 11.5 Å². The number of urea groups is 1. The van der Waals surface area contributed by atoms with Crippen molar-refractivity contribution in [3.8, 4) is 0 Å². The maximum atomic E-state index is 12.9. The van der Waals surface area contributed by atoms with Crippen molar-refractivity contribution in [2.75, 3.05) is 18.2 Å². The van der Waals surface area contributed by atoms with Crippen molar-refractivity contribution in [1.82, 2.24) is 14.2 Å².